The molecule has 1 aromatic rings. The summed E-state index contributed by atoms with van der Waals surface area (Å²) in [4.78, 5) is 11.7. The van der Waals surface area contributed by atoms with Gasteiger partial charge < -0.3 is 14.8 Å². The van der Waals surface area contributed by atoms with Crippen LogP contribution in [-0.4, -0.2) is 32.3 Å². The Balaban J connectivity index is 1.56. The molecule has 21 heavy (non-hydrogen) atoms. The van der Waals surface area contributed by atoms with Crippen LogP contribution in [0.5, 0.6) is 5.75 Å². The van der Waals surface area contributed by atoms with Crippen LogP contribution in [0.1, 0.15) is 31.2 Å². The zero-order valence-corrected chi connectivity index (χ0v) is 12.8. The van der Waals surface area contributed by atoms with Crippen molar-refractivity contribution in [3.05, 3.63) is 29.8 Å². The van der Waals surface area contributed by atoms with Gasteiger partial charge in [-0.25, -0.2) is 0 Å². The summed E-state index contributed by atoms with van der Waals surface area (Å²) in [7, 11) is 0. The van der Waals surface area contributed by atoms with Crippen molar-refractivity contribution in [2.24, 2.45) is 5.92 Å². The molecule has 0 aromatic heterocycles. The van der Waals surface area contributed by atoms with Gasteiger partial charge in [0.1, 0.15) is 5.75 Å². The number of carbonyl (C=O) groups excluding carboxylic acids is 1. The lowest BCUT2D eigenvalue weighted by Crippen LogP contribution is -2.29. The van der Waals surface area contributed by atoms with E-state index in [1.165, 1.54) is 6.42 Å². The second-order valence-electron chi connectivity index (χ2n) is 5.59. The van der Waals surface area contributed by atoms with Gasteiger partial charge in [0.05, 0.1) is 13.0 Å². The molecule has 1 amide bonds. The van der Waals surface area contributed by atoms with Crippen LogP contribution >= 0.6 is 0 Å². The third kappa shape index (κ3) is 5.76. The molecule has 116 valence electrons. The molecular weight excluding hydrogens is 266 g/mol. The van der Waals surface area contributed by atoms with Gasteiger partial charge in [0, 0.05) is 19.8 Å². The summed E-state index contributed by atoms with van der Waals surface area (Å²) in [6, 6.07) is 7.84. The molecule has 1 N–H and O–H groups in total. The van der Waals surface area contributed by atoms with Crippen LogP contribution in [0.3, 0.4) is 0 Å². The predicted molar refractivity (Wildman–Crippen MR) is 82.5 cm³/mol. The van der Waals surface area contributed by atoms with Gasteiger partial charge in [-0.2, -0.15) is 0 Å². The Morgan fingerprint density at radius 2 is 2.29 bits per heavy atom. The number of carbonyl (C=O) groups is 1. The standard InChI is InChI=1S/C17H25NO3/c1-14-5-2-3-7-16(14)21-12-9-17(19)18-10-8-15-6-4-11-20-13-15/h2-3,5,7,15H,4,6,8-13H2,1H3,(H,18,19). The molecule has 1 unspecified atom stereocenters. The van der Waals surface area contributed by atoms with Crippen LogP contribution in [-0.2, 0) is 9.53 Å². The molecule has 1 aliphatic rings. The minimum Gasteiger partial charge on any atom is -0.493 e. The van der Waals surface area contributed by atoms with Gasteiger partial charge in [0.2, 0.25) is 5.91 Å². The van der Waals surface area contributed by atoms with Crippen LogP contribution < -0.4 is 10.1 Å². The van der Waals surface area contributed by atoms with E-state index in [4.69, 9.17) is 9.47 Å². The first-order chi connectivity index (χ1) is 10.3. The van der Waals surface area contributed by atoms with Crippen molar-refractivity contribution in [3.8, 4) is 5.75 Å². The number of hydrogen-bond acceptors (Lipinski definition) is 3. The average molecular weight is 291 g/mol. The third-order valence-corrected chi connectivity index (χ3v) is 3.81. The fraction of sp³-hybridized carbons (Fsp3) is 0.588. The quantitative estimate of drug-likeness (QED) is 0.840. The monoisotopic (exact) mass is 291 g/mol. The van der Waals surface area contributed by atoms with Crippen LogP contribution in [0.4, 0.5) is 0 Å². The van der Waals surface area contributed by atoms with Crippen LogP contribution in [0.25, 0.3) is 0 Å². The third-order valence-electron chi connectivity index (χ3n) is 3.81. The van der Waals surface area contributed by atoms with E-state index < -0.39 is 0 Å². The molecule has 0 saturated carbocycles. The molecule has 0 radical (unpaired) electrons. The highest BCUT2D eigenvalue weighted by Gasteiger charge is 2.13. The molecule has 1 aliphatic heterocycles. The maximum Gasteiger partial charge on any atom is 0.223 e. The maximum atomic E-state index is 11.7. The van der Waals surface area contributed by atoms with E-state index in [9.17, 15) is 4.79 Å². The van der Waals surface area contributed by atoms with Gasteiger partial charge in [-0.15, -0.1) is 0 Å². The smallest absolute Gasteiger partial charge is 0.223 e. The first-order valence-corrected chi connectivity index (χ1v) is 7.78. The molecule has 0 bridgehead atoms. The molecule has 1 heterocycles. The second kappa shape index (κ2) is 8.67. The van der Waals surface area contributed by atoms with Crippen molar-refractivity contribution in [1.82, 2.24) is 5.32 Å². The summed E-state index contributed by atoms with van der Waals surface area (Å²) >= 11 is 0. The lowest BCUT2D eigenvalue weighted by atomic mass is 9.99. The summed E-state index contributed by atoms with van der Waals surface area (Å²) < 4.78 is 11.1. The minimum atomic E-state index is 0.0558. The maximum absolute atomic E-state index is 11.7. The van der Waals surface area contributed by atoms with E-state index in [0.717, 1.165) is 43.9 Å². The Morgan fingerprint density at radius 3 is 3.05 bits per heavy atom. The second-order valence-corrected chi connectivity index (χ2v) is 5.59. The highest BCUT2D eigenvalue weighted by molar-refractivity contribution is 5.75. The fourth-order valence-electron chi connectivity index (χ4n) is 2.51. The molecule has 1 saturated heterocycles. The molecule has 1 aromatic carbocycles. The van der Waals surface area contributed by atoms with Crippen molar-refractivity contribution in [2.75, 3.05) is 26.4 Å². The fourth-order valence-corrected chi connectivity index (χ4v) is 2.51. The van der Waals surface area contributed by atoms with Crippen LogP contribution in [0, 0.1) is 12.8 Å². The Hall–Kier alpha value is -1.55. The molecular formula is C17H25NO3. The molecule has 4 heteroatoms. The summed E-state index contributed by atoms with van der Waals surface area (Å²) in [5.41, 5.74) is 1.09. The minimum absolute atomic E-state index is 0.0558. The molecule has 0 aliphatic carbocycles. The largest absolute Gasteiger partial charge is 0.493 e. The van der Waals surface area contributed by atoms with Crippen molar-refractivity contribution < 1.29 is 14.3 Å². The van der Waals surface area contributed by atoms with Gasteiger partial charge in [-0.1, -0.05) is 18.2 Å². The number of nitrogens with one attached hydrogen (secondary N) is 1. The van der Waals surface area contributed by atoms with E-state index in [2.05, 4.69) is 5.32 Å². The van der Waals surface area contributed by atoms with Crippen LogP contribution in [0.15, 0.2) is 24.3 Å². The van der Waals surface area contributed by atoms with Gasteiger partial charge in [-0.05, 0) is 43.7 Å². The number of aryl methyl sites for hydroxylation is 1. The molecule has 1 atom stereocenters. The van der Waals surface area contributed by atoms with E-state index in [0.29, 0.717) is 18.9 Å². The Bertz CT molecular complexity index is 441. The zero-order chi connectivity index (χ0) is 14.9. The molecule has 1 fully saturated rings. The van der Waals surface area contributed by atoms with Crippen molar-refractivity contribution in [2.45, 2.75) is 32.6 Å². The first-order valence-electron chi connectivity index (χ1n) is 7.78. The predicted octanol–water partition coefficient (Wildman–Crippen LogP) is 2.70. The summed E-state index contributed by atoms with van der Waals surface area (Å²) in [5, 5.41) is 2.96. The Morgan fingerprint density at radius 1 is 1.43 bits per heavy atom. The topological polar surface area (TPSA) is 47.6 Å². The lowest BCUT2D eigenvalue weighted by molar-refractivity contribution is -0.121. The highest BCUT2D eigenvalue weighted by atomic mass is 16.5. The Kier molecular flexibility index (Phi) is 6.54. The van der Waals surface area contributed by atoms with Crippen molar-refractivity contribution >= 4 is 5.91 Å². The normalized spacial score (nSPS) is 18.2. The summed E-state index contributed by atoms with van der Waals surface area (Å²) in [6.07, 6.45) is 3.76. The van der Waals surface area contributed by atoms with Gasteiger partial charge in [0.25, 0.3) is 0 Å². The van der Waals surface area contributed by atoms with E-state index in [1.54, 1.807) is 0 Å². The van der Waals surface area contributed by atoms with Crippen LogP contribution in [0.2, 0.25) is 0 Å². The number of benzene rings is 1. The van der Waals surface area contributed by atoms with E-state index >= 15 is 0 Å². The highest BCUT2D eigenvalue weighted by Crippen LogP contribution is 2.17. The van der Waals surface area contributed by atoms with Crippen molar-refractivity contribution in [3.63, 3.8) is 0 Å². The molecule has 0 spiro atoms. The number of rotatable bonds is 7. The Labute approximate surface area is 126 Å². The zero-order valence-electron chi connectivity index (χ0n) is 12.8. The average Bonchev–Trinajstić information content (AvgIpc) is 2.50. The first kappa shape index (κ1) is 15.8. The summed E-state index contributed by atoms with van der Waals surface area (Å²) in [5.74, 6) is 1.51. The number of hydrogen-bond donors (Lipinski definition) is 1. The lowest BCUT2D eigenvalue weighted by Gasteiger charge is -2.21. The van der Waals surface area contributed by atoms with Gasteiger partial charge in [-0.3, -0.25) is 4.79 Å². The number of ether oxygens (including phenoxy) is 2. The van der Waals surface area contributed by atoms with E-state index in [-0.39, 0.29) is 5.91 Å². The molecule has 2 rings (SSSR count). The van der Waals surface area contributed by atoms with Gasteiger partial charge in [0.15, 0.2) is 0 Å². The summed E-state index contributed by atoms with van der Waals surface area (Å²) in [6.45, 7) is 4.88. The SMILES string of the molecule is Cc1ccccc1OCCC(=O)NCCC1CCCOC1. The number of para-hydroxylation sites is 1. The number of amides is 1. The molecule has 4 nitrogen and oxygen atoms in total. The van der Waals surface area contributed by atoms with Crippen molar-refractivity contribution in [1.29, 1.82) is 0 Å². The van der Waals surface area contributed by atoms with E-state index in [1.807, 2.05) is 31.2 Å². The van der Waals surface area contributed by atoms with Gasteiger partial charge >= 0.3 is 0 Å².